The molecule has 0 bridgehead atoms. The molecule has 0 spiro atoms. The minimum Gasteiger partial charge on any atom is -0.469 e. The van der Waals surface area contributed by atoms with Crippen molar-refractivity contribution < 1.29 is 22.9 Å². The Labute approximate surface area is 170 Å². The molecule has 1 heterocycles. The number of hydrogen-bond acceptors (Lipinski definition) is 5. The third kappa shape index (κ3) is 5.12. The molecule has 8 heteroatoms. The van der Waals surface area contributed by atoms with E-state index >= 15 is 0 Å². The monoisotopic (exact) mass is 425 g/mol. The van der Waals surface area contributed by atoms with E-state index in [0.717, 1.165) is 0 Å². The predicted molar refractivity (Wildman–Crippen MR) is 109 cm³/mol. The number of thiophene rings is 1. The summed E-state index contributed by atoms with van der Waals surface area (Å²) in [4.78, 5) is 24.3. The van der Waals surface area contributed by atoms with Crippen LogP contribution in [0.4, 0.5) is 4.39 Å². The van der Waals surface area contributed by atoms with Crippen LogP contribution in [0, 0.1) is 5.82 Å². The summed E-state index contributed by atoms with van der Waals surface area (Å²) in [6, 6.07) is 7.82. The Morgan fingerprint density at radius 2 is 1.89 bits per heavy atom. The van der Waals surface area contributed by atoms with E-state index in [2.05, 4.69) is 9.46 Å². The first-order valence-corrected chi connectivity index (χ1v) is 10.8. The number of benzene rings is 1. The van der Waals surface area contributed by atoms with Crippen molar-refractivity contribution in [2.45, 2.75) is 43.9 Å². The molecule has 0 fully saturated rings. The molecule has 0 aliphatic heterocycles. The fraction of sp³-hybridized carbons (Fsp3) is 0.400. The molecule has 152 valence electrons. The number of hydrogen-bond donors (Lipinski definition) is 1. The Morgan fingerprint density at radius 1 is 1.21 bits per heavy atom. The molecular formula is C20H24FNO4S2. The highest BCUT2D eigenvalue weighted by Gasteiger charge is 2.42. The molecule has 1 aromatic heterocycles. The van der Waals surface area contributed by atoms with Crippen LogP contribution in [0.5, 0.6) is 0 Å². The Bertz CT molecular complexity index is 861. The number of ether oxygens (including phenoxy) is 1. The first kappa shape index (κ1) is 22.4. The van der Waals surface area contributed by atoms with Gasteiger partial charge in [-0.15, -0.1) is 0 Å². The van der Waals surface area contributed by atoms with Gasteiger partial charge in [0.1, 0.15) is 18.0 Å². The molecule has 0 saturated carbocycles. The van der Waals surface area contributed by atoms with E-state index in [1.54, 1.807) is 55.8 Å². The van der Waals surface area contributed by atoms with Gasteiger partial charge in [0, 0.05) is 12.0 Å². The largest absolute Gasteiger partial charge is 0.469 e. The molecule has 0 radical (unpaired) electrons. The summed E-state index contributed by atoms with van der Waals surface area (Å²) >= 11 is 1.38. The van der Waals surface area contributed by atoms with Crippen LogP contribution in [0.3, 0.4) is 0 Å². The van der Waals surface area contributed by atoms with Gasteiger partial charge >= 0.3 is 5.97 Å². The Morgan fingerprint density at radius 3 is 2.43 bits per heavy atom. The van der Waals surface area contributed by atoms with Crippen molar-refractivity contribution in [2.75, 3.05) is 7.11 Å². The molecule has 28 heavy (non-hydrogen) atoms. The van der Waals surface area contributed by atoms with Crippen molar-refractivity contribution in [3.63, 3.8) is 0 Å². The second kappa shape index (κ2) is 9.07. The zero-order valence-electron chi connectivity index (χ0n) is 16.3. The lowest BCUT2D eigenvalue weighted by atomic mass is 9.80. The molecule has 1 N–H and O–H groups in total. The minimum atomic E-state index is -1.61. The smallest absolute Gasteiger partial charge is 0.313 e. The average molecular weight is 426 g/mol. The number of halogens is 1. The molecule has 2 atom stereocenters. The second-order valence-electron chi connectivity index (χ2n) is 7.35. The number of carbonyl (C=O) groups excluding carboxylic acids is 2. The highest BCUT2D eigenvalue weighted by molar-refractivity contribution is 7.84. The second-order valence-corrected chi connectivity index (χ2v) is 10.1. The summed E-state index contributed by atoms with van der Waals surface area (Å²) in [5.74, 6) is -1.65. The van der Waals surface area contributed by atoms with Crippen molar-refractivity contribution in [2.24, 2.45) is 0 Å². The lowest BCUT2D eigenvalue weighted by Gasteiger charge is -2.36. The van der Waals surface area contributed by atoms with E-state index in [1.165, 1.54) is 24.5 Å². The number of rotatable bonds is 8. The van der Waals surface area contributed by atoms with Crippen molar-refractivity contribution in [3.8, 4) is 0 Å². The van der Waals surface area contributed by atoms with Gasteiger partial charge in [-0.1, -0.05) is 18.2 Å². The SMILES string of the molecule is COC(=O)CC(=O)CC(NS(=O)C(C)(C)C)(c1ccsc1)c1ccccc1F. The van der Waals surface area contributed by atoms with Gasteiger partial charge in [-0.05, 0) is 49.2 Å². The number of nitrogens with one attached hydrogen (secondary N) is 1. The number of ketones is 1. The van der Waals surface area contributed by atoms with Crippen LogP contribution in [0.25, 0.3) is 0 Å². The lowest BCUT2D eigenvalue weighted by molar-refractivity contribution is -0.143. The normalized spacial score (nSPS) is 14.9. The molecule has 1 aromatic carbocycles. The molecule has 2 unspecified atom stereocenters. The molecule has 0 saturated heterocycles. The van der Waals surface area contributed by atoms with Gasteiger partial charge < -0.3 is 4.74 Å². The highest BCUT2D eigenvalue weighted by atomic mass is 32.2. The average Bonchev–Trinajstić information content (AvgIpc) is 3.15. The van der Waals surface area contributed by atoms with Gasteiger partial charge in [-0.2, -0.15) is 11.3 Å². The van der Waals surface area contributed by atoms with E-state index < -0.39 is 45.3 Å². The van der Waals surface area contributed by atoms with E-state index in [9.17, 15) is 18.2 Å². The standard InChI is InChI=1S/C20H24FNO4S2/c1-19(2,3)28(25)22-20(14-9-10-27-13-14,12-15(23)11-18(24)26-4)16-7-5-6-8-17(16)21/h5-10,13,22H,11-12H2,1-4H3. The van der Waals surface area contributed by atoms with Gasteiger partial charge in [0.15, 0.2) is 0 Å². The maximum absolute atomic E-state index is 14.9. The van der Waals surface area contributed by atoms with Crippen LogP contribution >= 0.6 is 11.3 Å². The zero-order valence-corrected chi connectivity index (χ0v) is 17.9. The van der Waals surface area contributed by atoms with Crippen LogP contribution < -0.4 is 4.72 Å². The van der Waals surface area contributed by atoms with E-state index in [-0.39, 0.29) is 12.0 Å². The van der Waals surface area contributed by atoms with Crippen LogP contribution in [0.15, 0.2) is 41.1 Å². The quantitative estimate of drug-likeness (QED) is 0.517. The van der Waals surface area contributed by atoms with Gasteiger partial charge in [0.2, 0.25) is 0 Å². The molecule has 5 nitrogen and oxygen atoms in total. The first-order chi connectivity index (χ1) is 13.1. The lowest BCUT2D eigenvalue weighted by Crippen LogP contribution is -2.50. The zero-order chi connectivity index (χ0) is 20.9. The Balaban J connectivity index is 2.62. The predicted octanol–water partition coefficient (Wildman–Crippen LogP) is 3.70. The van der Waals surface area contributed by atoms with Gasteiger partial charge in [-0.3, -0.25) is 9.59 Å². The summed E-state index contributed by atoms with van der Waals surface area (Å²) in [6.07, 6.45) is -0.692. The highest BCUT2D eigenvalue weighted by Crippen LogP contribution is 2.38. The Hall–Kier alpha value is -1.90. The summed E-state index contributed by atoms with van der Waals surface area (Å²) in [5.41, 5.74) is -0.572. The van der Waals surface area contributed by atoms with Gasteiger partial charge in [0.05, 0.1) is 28.4 Å². The molecule has 0 aliphatic carbocycles. The maximum atomic E-state index is 14.9. The summed E-state index contributed by atoms with van der Waals surface area (Å²) in [7, 11) is -0.412. The summed E-state index contributed by atoms with van der Waals surface area (Å²) in [5, 5.41) is 3.59. The molecular weight excluding hydrogens is 401 g/mol. The van der Waals surface area contributed by atoms with E-state index in [4.69, 9.17) is 0 Å². The van der Waals surface area contributed by atoms with Crippen LogP contribution in [0.1, 0.15) is 44.7 Å². The molecule has 0 aliphatic rings. The number of methoxy groups -OCH3 is 1. The Kier molecular flexibility index (Phi) is 7.25. The number of esters is 1. The number of Topliss-reactive ketones (excluding diaryl/α,β-unsaturated/α-hetero) is 1. The first-order valence-electron chi connectivity index (χ1n) is 8.66. The van der Waals surface area contributed by atoms with Gasteiger partial charge in [0.25, 0.3) is 0 Å². The molecule has 0 amide bonds. The van der Waals surface area contributed by atoms with E-state index in [0.29, 0.717) is 5.56 Å². The topological polar surface area (TPSA) is 72.5 Å². The van der Waals surface area contributed by atoms with Crippen molar-refractivity contribution >= 4 is 34.1 Å². The minimum absolute atomic E-state index is 0.198. The van der Waals surface area contributed by atoms with Crippen molar-refractivity contribution in [1.82, 2.24) is 4.72 Å². The van der Waals surface area contributed by atoms with Crippen LogP contribution in [-0.2, 0) is 30.9 Å². The maximum Gasteiger partial charge on any atom is 0.313 e. The van der Waals surface area contributed by atoms with Crippen molar-refractivity contribution in [1.29, 1.82) is 0 Å². The summed E-state index contributed by atoms with van der Waals surface area (Å²) in [6.45, 7) is 5.35. The fourth-order valence-corrected chi connectivity index (χ4v) is 4.37. The van der Waals surface area contributed by atoms with Crippen LogP contribution in [-0.4, -0.2) is 27.8 Å². The van der Waals surface area contributed by atoms with Crippen LogP contribution in [0.2, 0.25) is 0 Å². The third-order valence-electron chi connectivity index (χ3n) is 4.20. The van der Waals surface area contributed by atoms with Crippen molar-refractivity contribution in [3.05, 3.63) is 58.0 Å². The molecule has 2 aromatic rings. The summed E-state index contributed by atoms with van der Waals surface area (Å²) < 4.78 is 34.8. The number of carbonyl (C=O) groups is 2. The third-order valence-corrected chi connectivity index (χ3v) is 6.53. The fourth-order valence-electron chi connectivity index (χ4n) is 2.72. The van der Waals surface area contributed by atoms with E-state index in [1.807, 2.05) is 0 Å². The van der Waals surface area contributed by atoms with Gasteiger partial charge in [-0.25, -0.2) is 13.3 Å². The molecule has 2 rings (SSSR count).